The molecule has 2 aliphatic rings. The van der Waals surface area contributed by atoms with Crippen molar-refractivity contribution < 1.29 is 9.53 Å². The Bertz CT molecular complexity index is 891. The first-order valence-electron chi connectivity index (χ1n) is 11.0. The SMILES string of the molecule is CC1CN(Cc2ccccc2NC(=O)N2CCN(c3cccc(Cl)c3)CC2)CC(C)O1. The fourth-order valence-corrected chi connectivity index (χ4v) is 4.65. The number of carbonyl (C=O) groups is 1. The summed E-state index contributed by atoms with van der Waals surface area (Å²) in [7, 11) is 0. The molecule has 2 heterocycles. The summed E-state index contributed by atoms with van der Waals surface area (Å²) in [5.74, 6) is 0. The van der Waals surface area contributed by atoms with Crippen molar-refractivity contribution in [3.05, 3.63) is 59.1 Å². The van der Waals surface area contributed by atoms with Gasteiger partial charge in [-0.1, -0.05) is 35.9 Å². The summed E-state index contributed by atoms with van der Waals surface area (Å²) in [6.45, 7) is 9.77. The van der Waals surface area contributed by atoms with Crippen LogP contribution in [0, 0.1) is 0 Å². The number of ether oxygens (including phenoxy) is 1. The van der Waals surface area contributed by atoms with Gasteiger partial charge in [0.1, 0.15) is 0 Å². The number of benzene rings is 2. The molecule has 2 aromatic carbocycles. The molecule has 2 atom stereocenters. The van der Waals surface area contributed by atoms with Crippen LogP contribution in [0.15, 0.2) is 48.5 Å². The topological polar surface area (TPSA) is 48.1 Å². The van der Waals surface area contributed by atoms with E-state index in [0.29, 0.717) is 13.1 Å². The van der Waals surface area contributed by atoms with E-state index in [1.165, 1.54) is 0 Å². The van der Waals surface area contributed by atoms with E-state index in [0.717, 1.165) is 54.7 Å². The van der Waals surface area contributed by atoms with Crippen LogP contribution in [0.4, 0.5) is 16.2 Å². The molecular formula is C24H31ClN4O2. The standard InChI is InChI=1S/C24H31ClN4O2/c1-18-15-27(16-19(2)31-18)17-20-6-3-4-9-23(20)26-24(30)29-12-10-28(11-13-29)22-8-5-7-21(25)14-22/h3-9,14,18-19H,10-13,15-17H2,1-2H3,(H,26,30). The quantitative estimate of drug-likeness (QED) is 0.766. The fourth-order valence-electron chi connectivity index (χ4n) is 4.47. The molecule has 0 aliphatic carbocycles. The summed E-state index contributed by atoms with van der Waals surface area (Å²) in [6.07, 6.45) is 0.447. The molecule has 0 saturated carbocycles. The van der Waals surface area contributed by atoms with E-state index < -0.39 is 0 Å². The van der Waals surface area contributed by atoms with Crippen LogP contribution in [-0.4, -0.2) is 67.3 Å². The first-order chi connectivity index (χ1) is 15.0. The van der Waals surface area contributed by atoms with Crippen LogP contribution in [0.1, 0.15) is 19.4 Å². The third-order valence-electron chi connectivity index (χ3n) is 5.89. The van der Waals surface area contributed by atoms with Crippen molar-refractivity contribution in [2.24, 2.45) is 0 Å². The van der Waals surface area contributed by atoms with Gasteiger partial charge in [-0.15, -0.1) is 0 Å². The Morgan fingerprint density at radius 1 is 1.03 bits per heavy atom. The smallest absolute Gasteiger partial charge is 0.321 e. The lowest BCUT2D eigenvalue weighted by Crippen LogP contribution is -2.50. The van der Waals surface area contributed by atoms with Crippen LogP contribution in [0.5, 0.6) is 0 Å². The van der Waals surface area contributed by atoms with Crippen molar-refractivity contribution >= 4 is 29.0 Å². The summed E-state index contributed by atoms with van der Waals surface area (Å²) in [5.41, 5.74) is 3.12. The summed E-state index contributed by atoms with van der Waals surface area (Å²) in [5, 5.41) is 3.88. The Balaban J connectivity index is 1.35. The van der Waals surface area contributed by atoms with Gasteiger partial charge in [0.05, 0.1) is 12.2 Å². The lowest BCUT2D eigenvalue weighted by molar-refractivity contribution is -0.0704. The van der Waals surface area contributed by atoms with Crippen molar-refractivity contribution in [2.75, 3.05) is 49.5 Å². The monoisotopic (exact) mass is 442 g/mol. The van der Waals surface area contributed by atoms with Gasteiger partial charge in [0.2, 0.25) is 0 Å². The van der Waals surface area contributed by atoms with Gasteiger partial charge in [0, 0.05) is 62.2 Å². The number of anilines is 2. The van der Waals surface area contributed by atoms with Crippen LogP contribution < -0.4 is 10.2 Å². The Labute approximate surface area is 189 Å². The van der Waals surface area contributed by atoms with Gasteiger partial charge in [-0.2, -0.15) is 0 Å². The van der Waals surface area contributed by atoms with Crippen LogP contribution in [0.25, 0.3) is 0 Å². The number of halogens is 1. The van der Waals surface area contributed by atoms with E-state index in [2.05, 4.69) is 41.1 Å². The van der Waals surface area contributed by atoms with Gasteiger partial charge in [-0.3, -0.25) is 4.90 Å². The molecule has 2 aromatic rings. The fraction of sp³-hybridized carbons (Fsp3) is 0.458. The molecule has 0 bridgehead atoms. The largest absolute Gasteiger partial charge is 0.373 e. The van der Waals surface area contributed by atoms with E-state index in [1.54, 1.807) is 0 Å². The molecule has 2 fully saturated rings. The molecule has 0 radical (unpaired) electrons. The van der Waals surface area contributed by atoms with Gasteiger partial charge in [0.25, 0.3) is 0 Å². The molecule has 7 heteroatoms. The van der Waals surface area contributed by atoms with Crippen molar-refractivity contribution in [2.45, 2.75) is 32.6 Å². The normalized spacial score (nSPS) is 22.4. The molecule has 2 amide bonds. The predicted molar refractivity (Wildman–Crippen MR) is 126 cm³/mol. The van der Waals surface area contributed by atoms with Gasteiger partial charge >= 0.3 is 6.03 Å². The van der Waals surface area contributed by atoms with Gasteiger partial charge in [-0.25, -0.2) is 4.79 Å². The minimum absolute atomic E-state index is 0.0399. The molecule has 166 valence electrons. The van der Waals surface area contributed by atoms with Crippen LogP contribution >= 0.6 is 11.6 Å². The summed E-state index contributed by atoms with van der Waals surface area (Å²) < 4.78 is 5.85. The number of para-hydroxylation sites is 1. The number of nitrogens with one attached hydrogen (secondary N) is 1. The van der Waals surface area contributed by atoms with E-state index in [9.17, 15) is 4.79 Å². The summed E-state index contributed by atoms with van der Waals surface area (Å²) in [6, 6.07) is 15.9. The van der Waals surface area contributed by atoms with Crippen LogP contribution in [0.2, 0.25) is 5.02 Å². The zero-order chi connectivity index (χ0) is 21.8. The first kappa shape index (κ1) is 21.9. The highest BCUT2D eigenvalue weighted by Gasteiger charge is 2.24. The van der Waals surface area contributed by atoms with E-state index in [-0.39, 0.29) is 18.2 Å². The summed E-state index contributed by atoms with van der Waals surface area (Å²) >= 11 is 6.12. The minimum atomic E-state index is -0.0399. The molecule has 31 heavy (non-hydrogen) atoms. The zero-order valence-corrected chi connectivity index (χ0v) is 19.0. The second-order valence-electron chi connectivity index (χ2n) is 8.49. The lowest BCUT2D eigenvalue weighted by Gasteiger charge is -2.37. The van der Waals surface area contributed by atoms with Crippen LogP contribution in [0.3, 0.4) is 0 Å². The molecule has 0 spiro atoms. The van der Waals surface area contributed by atoms with E-state index in [4.69, 9.17) is 16.3 Å². The highest BCUT2D eigenvalue weighted by Crippen LogP contribution is 2.23. The molecule has 6 nitrogen and oxygen atoms in total. The van der Waals surface area contributed by atoms with Gasteiger partial charge in [0.15, 0.2) is 0 Å². The first-order valence-corrected chi connectivity index (χ1v) is 11.4. The number of amides is 2. The number of rotatable bonds is 4. The number of hydrogen-bond donors (Lipinski definition) is 1. The Kier molecular flexibility index (Phi) is 7.00. The number of hydrogen-bond acceptors (Lipinski definition) is 4. The summed E-state index contributed by atoms with van der Waals surface area (Å²) in [4.78, 5) is 19.5. The molecule has 2 saturated heterocycles. The van der Waals surface area contributed by atoms with Gasteiger partial charge in [-0.05, 0) is 43.7 Å². The maximum Gasteiger partial charge on any atom is 0.321 e. The molecule has 1 N–H and O–H groups in total. The lowest BCUT2D eigenvalue weighted by atomic mass is 10.1. The predicted octanol–water partition coefficient (Wildman–Crippen LogP) is 4.30. The number of morpholine rings is 1. The molecule has 2 unspecified atom stereocenters. The third-order valence-corrected chi connectivity index (χ3v) is 6.12. The minimum Gasteiger partial charge on any atom is -0.373 e. The highest BCUT2D eigenvalue weighted by molar-refractivity contribution is 6.30. The average molecular weight is 443 g/mol. The van der Waals surface area contributed by atoms with Crippen molar-refractivity contribution in [3.8, 4) is 0 Å². The zero-order valence-electron chi connectivity index (χ0n) is 18.3. The van der Waals surface area contributed by atoms with Crippen molar-refractivity contribution in [1.82, 2.24) is 9.80 Å². The van der Waals surface area contributed by atoms with Crippen molar-refractivity contribution in [1.29, 1.82) is 0 Å². The second-order valence-corrected chi connectivity index (χ2v) is 8.93. The second kappa shape index (κ2) is 9.90. The number of urea groups is 1. The average Bonchev–Trinajstić information content (AvgIpc) is 2.74. The van der Waals surface area contributed by atoms with Crippen LogP contribution in [-0.2, 0) is 11.3 Å². The number of carbonyl (C=O) groups excluding carboxylic acids is 1. The highest BCUT2D eigenvalue weighted by atomic mass is 35.5. The maximum absolute atomic E-state index is 13.0. The molecule has 0 aromatic heterocycles. The number of piperazine rings is 1. The third kappa shape index (κ3) is 5.70. The Morgan fingerprint density at radius 2 is 1.74 bits per heavy atom. The molecule has 4 rings (SSSR count). The van der Waals surface area contributed by atoms with E-state index >= 15 is 0 Å². The molecule has 2 aliphatic heterocycles. The van der Waals surface area contributed by atoms with E-state index in [1.807, 2.05) is 41.3 Å². The molecular weight excluding hydrogens is 412 g/mol. The van der Waals surface area contributed by atoms with Gasteiger partial charge < -0.3 is 19.9 Å². The van der Waals surface area contributed by atoms with Crippen molar-refractivity contribution in [3.63, 3.8) is 0 Å². The number of nitrogens with zero attached hydrogens (tertiary/aromatic N) is 3. The Morgan fingerprint density at radius 3 is 2.45 bits per heavy atom. The Hall–Kier alpha value is -2.28. The maximum atomic E-state index is 13.0.